The van der Waals surface area contributed by atoms with Crippen LogP contribution in [-0.4, -0.2) is 50.1 Å². The lowest BCUT2D eigenvalue weighted by molar-refractivity contribution is 0.404. The number of aliphatic imine (C=N–C) groups is 1. The van der Waals surface area contributed by atoms with Gasteiger partial charge in [-0.25, -0.2) is 0 Å². The lowest BCUT2D eigenvalue weighted by Gasteiger charge is -2.22. The molecule has 0 radical (unpaired) electrons. The Labute approximate surface area is 145 Å². The first-order valence-electron chi connectivity index (χ1n) is 8.70. The van der Waals surface area contributed by atoms with Gasteiger partial charge in [-0.3, -0.25) is 4.99 Å². The molecule has 4 heteroatoms. The van der Waals surface area contributed by atoms with E-state index in [2.05, 4.69) is 56.4 Å². The van der Waals surface area contributed by atoms with Crippen LogP contribution in [0.25, 0.3) is 0 Å². The third kappa shape index (κ3) is 5.25. The Bertz CT molecular complexity index is 539. The summed E-state index contributed by atoms with van der Waals surface area (Å²) in [5, 5.41) is 4.00. The molecule has 3 nitrogen and oxygen atoms in total. The van der Waals surface area contributed by atoms with Crippen molar-refractivity contribution < 1.29 is 0 Å². The fraction of sp³-hybridized carbons (Fsp3) is 0.632. The molecular formula is C19H31N3S. The number of rotatable bonds is 7. The van der Waals surface area contributed by atoms with Crippen molar-refractivity contribution in [2.45, 2.75) is 43.3 Å². The molecule has 1 aromatic rings. The van der Waals surface area contributed by atoms with E-state index < -0.39 is 0 Å². The standard InChI is InChI=1S/C19H31N3S/c1-6-16(13-22(4)5)23-19-10-8-15(11-18(19)20-3)17-9-7-14(2)12-21-17/h8,10-11,14,16,20H,6-7,9,12-13H2,1-5H3/t14-,16?/m0/s1. The van der Waals surface area contributed by atoms with Crippen LogP contribution in [0.2, 0.25) is 0 Å². The summed E-state index contributed by atoms with van der Waals surface area (Å²) in [4.78, 5) is 8.39. The number of benzene rings is 1. The lowest BCUT2D eigenvalue weighted by atomic mass is 9.96. The summed E-state index contributed by atoms with van der Waals surface area (Å²) in [6, 6.07) is 6.80. The lowest BCUT2D eigenvalue weighted by Crippen LogP contribution is -2.23. The quantitative estimate of drug-likeness (QED) is 0.750. The summed E-state index contributed by atoms with van der Waals surface area (Å²) in [7, 11) is 6.31. The molecule has 0 fully saturated rings. The van der Waals surface area contributed by atoms with Gasteiger partial charge in [0.25, 0.3) is 0 Å². The van der Waals surface area contributed by atoms with Gasteiger partial charge in [0.15, 0.2) is 0 Å². The molecular weight excluding hydrogens is 302 g/mol. The molecule has 128 valence electrons. The van der Waals surface area contributed by atoms with Crippen molar-refractivity contribution >= 4 is 23.2 Å². The summed E-state index contributed by atoms with van der Waals surface area (Å²) < 4.78 is 0. The maximum absolute atomic E-state index is 4.78. The monoisotopic (exact) mass is 333 g/mol. The van der Waals surface area contributed by atoms with Crippen LogP contribution in [0.15, 0.2) is 28.1 Å². The highest BCUT2D eigenvalue weighted by molar-refractivity contribution is 8.00. The van der Waals surface area contributed by atoms with E-state index in [0.717, 1.165) is 25.4 Å². The number of nitrogens with zero attached hydrogens (tertiary/aromatic N) is 2. The SMILES string of the molecule is CCC(CN(C)C)Sc1ccc(C2=NC[C@@H](C)CC2)cc1NC. The average Bonchev–Trinajstić information content (AvgIpc) is 2.54. The Morgan fingerprint density at radius 2 is 2.17 bits per heavy atom. The minimum Gasteiger partial charge on any atom is -0.387 e. The molecule has 1 aliphatic rings. The van der Waals surface area contributed by atoms with Crippen LogP contribution in [0.5, 0.6) is 0 Å². The molecule has 0 amide bonds. The minimum absolute atomic E-state index is 0.621. The molecule has 1 unspecified atom stereocenters. The summed E-state index contributed by atoms with van der Waals surface area (Å²) in [5.74, 6) is 0.730. The van der Waals surface area contributed by atoms with E-state index in [1.165, 1.54) is 34.7 Å². The number of thioether (sulfide) groups is 1. The molecule has 0 bridgehead atoms. The van der Waals surface area contributed by atoms with Crippen molar-refractivity contribution in [1.82, 2.24) is 4.90 Å². The summed E-state index contributed by atoms with van der Waals surface area (Å²) in [6.45, 7) is 6.64. The summed E-state index contributed by atoms with van der Waals surface area (Å²) in [6.07, 6.45) is 3.54. The Morgan fingerprint density at radius 3 is 2.74 bits per heavy atom. The highest BCUT2D eigenvalue weighted by Gasteiger charge is 2.16. The fourth-order valence-corrected chi connectivity index (χ4v) is 4.23. The molecule has 23 heavy (non-hydrogen) atoms. The first-order chi connectivity index (χ1) is 11.0. The first-order valence-corrected chi connectivity index (χ1v) is 9.58. The van der Waals surface area contributed by atoms with Crippen LogP contribution in [0.1, 0.15) is 38.7 Å². The molecule has 2 rings (SSSR count). The topological polar surface area (TPSA) is 27.6 Å². The number of anilines is 1. The normalized spacial score (nSPS) is 19.6. The third-order valence-corrected chi connectivity index (χ3v) is 5.79. The van der Waals surface area contributed by atoms with Crippen molar-refractivity contribution in [2.75, 3.05) is 39.5 Å². The van der Waals surface area contributed by atoms with Crippen molar-refractivity contribution in [2.24, 2.45) is 10.9 Å². The maximum atomic E-state index is 4.78. The van der Waals surface area contributed by atoms with Crippen molar-refractivity contribution in [3.05, 3.63) is 23.8 Å². The van der Waals surface area contributed by atoms with Gasteiger partial charge in [-0.15, -0.1) is 11.8 Å². The van der Waals surface area contributed by atoms with Crippen LogP contribution in [0.4, 0.5) is 5.69 Å². The van der Waals surface area contributed by atoms with Gasteiger partial charge in [-0.2, -0.15) is 0 Å². The number of nitrogens with one attached hydrogen (secondary N) is 1. The molecule has 1 aromatic carbocycles. The highest BCUT2D eigenvalue weighted by atomic mass is 32.2. The molecule has 1 heterocycles. The molecule has 0 spiro atoms. The molecule has 1 N–H and O–H groups in total. The zero-order valence-corrected chi connectivity index (χ0v) is 16.0. The van der Waals surface area contributed by atoms with Crippen molar-refractivity contribution in [1.29, 1.82) is 0 Å². The molecule has 0 aromatic heterocycles. The van der Waals surface area contributed by atoms with Gasteiger partial charge in [-0.1, -0.05) is 19.9 Å². The van der Waals surface area contributed by atoms with Gasteiger partial charge in [0.1, 0.15) is 0 Å². The first kappa shape index (κ1) is 18.3. The second-order valence-corrected chi connectivity index (χ2v) is 8.14. The predicted molar refractivity (Wildman–Crippen MR) is 104 cm³/mol. The Hall–Kier alpha value is -1.00. The zero-order chi connectivity index (χ0) is 16.8. The number of hydrogen-bond donors (Lipinski definition) is 1. The molecule has 0 saturated carbocycles. The van der Waals surface area contributed by atoms with E-state index in [9.17, 15) is 0 Å². The highest BCUT2D eigenvalue weighted by Crippen LogP contribution is 2.33. The zero-order valence-electron chi connectivity index (χ0n) is 15.2. The van der Waals surface area contributed by atoms with E-state index in [1.54, 1.807) is 0 Å². The van der Waals surface area contributed by atoms with Crippen LogP contribution >= 0.6 is 11.8 Å². The van der Waals surface area contributed by atoms with E-state index in [0.29, 0.717) is 5.25 Å². The fourth-order valence-electron chi connectivity index (χ4n) is 2.90. The Kier molecular flexibility index (Phi) is 6.97. The third-order valence-electron chi connectivity index (χ3n) is 4.37. The molecule has 1 aliphatic heterocycles. The average molecular weight is 334 g/mol. The van der Waals surface area contributed by atoms with E-state index in [1.807, 2.05) is 18.8 Å². The maximum Gasteiger partial charge on any atom is 0.0482 e. The summed E-state index contributed by atoms with van der Waals surface area (Å²) >= 11 is 1.98. The van der Waals surface area contributed by atoms with Gasteiger partial charge in [0, 0.05) is 41.7 Å². The van der Waals surface area contributed by atoms with E-state index in [-0.39, 0.29) is 0 Å². The van der Waals surface area contributed by atoms with Gasteiger partial charge in [0.2, 0.25) is 0 Å². The van der Waals surface area contributed by atoms with Gasteiger partial charge in [0.05, 0.1) is 0 Å². The smallest absolute Gasteiger partial charge is 0.0482 e. The van der Waals surface area contributed by atoms with Crippen molar-refractivity contribution in [3.63, 3.8) is 0 Å². The van der Waals surface area contributed by atoms with Crippen LogP contribution in [-0.2, 0) is 0 Å². The van der Waals surface area contributed by atoms with Gasteiger partial charge in [-0.05, 0) is 57.0 Å². The second kappa shape index (κ2) is 8.74. The summed E-state index contributed by atoms with van der Waals surface area (Å²) in [5.41, 5.74) is 3.79. The Balaban J connectivity index is 2.16. The van der Waals surface area contributed by atoms with Crippen molar-refractivity contribution in [3.8, 4) is 0 Å². The van der Waals surface area contributed by atoms with Gasteiger partial charge < -0.3 is 10.2 Å². The molecule has 0 saturated heterocycles. The largest absolute Gasteiger partial charge is 0.387 e. The molecule has 2 atom stereocenters. The predicted octanol–water partition coefficient (Wildman–Crippen LogP) is 4.38. The van der Waals surface area contributed by atoms with Crippen LogP contribution < -0.4 is 5.32 Å². The minimum atomic E-state index is 0.621. The van der Waals surface area contributed by atoms with Crippen LogP contribution in [0, 0.1) is 5.92 Å². The van der Waals surface area contributed by atoms with Gasteiger partial charge >= 0.3 is 0 Å². The van der Waals surface area contributed by atoms with E-state index >= 15 is 0 Å². The number of hydrogen-bond acceptors (Lipinski definition) is 4. The second-order valence-electron chi connectivity index (χ2n) is 6.80. The van der Waals surface area contributed by atoms with E-state index in [4.69, 9.17) is 4.99 Å². The molecule has 0 aliphatic carbocycles. The Morgan fingerprint density at radius 1 is 1.39 bits per heavy atom. The van der Waals surface area contributed by atoms with Crippen LogP contribution in [0.3, 0.4) is 0 Å².